The Bertz CT molecular complexity index is 10.8. The van der Waals surface area contributed by atoms with Gasteiger partial charge in [-0.05, 0) is 0 Å². The van der Waals surface area contributed by atoms with Gasteiger partial charge in [0, 0.05) is 54.3 Å². The van der Waals surface area contributed by atoms with Gasteiger partial charge in [0.25, 0.3) is 0 Å². The number of hydrogen-bond acceptors (Lipinski definition) is 0. The predicted molar refractivity (Wildman–Crippen MR) is 2.06 cm³/mol. The Morgan fingerprint density at radius 2 is 0.667 bits per heavy atom. The molecule has 0 N–H and O–H groups in total. The summed E-state index contributed by atoms with van der Waals surface area (Å²) in [6.45, 7) is 0. The Labute approximate surface area is 70.6 Å². The van der Waals surface area contributed by atoms with E-state index in [1.807, 2.05) is 0 Å². The van der Waals surface area contributed by atoms with Crippen LogP contribution in [0.1, 0.15) is 0 Å². The summed E-state index contributed by atoms with van der Waals surface area (Å²) in [5.41, 5.74) is 0. The van der Waals surface area contributed by atoms with Gasteiger partial charge < -0.3 is 16.4 Å². The van der Waals surface area contributed by atoms with Gasteiger partial charge in [0.15, 0.2) is 0 Å². The zero-order valence-corrected chi connectivity index (χ0v) is 7.24. The fourth-order valence-corrected chi connectivity index (χ4v) is 0. The first-order valence-corrected chi connectivity index (χ1v) is 0. The second kappa shape index (κ2) is 82.8. The largest absolute Gasteiger partial charge is 2.00 e. The minimum Gasteiger partial charge on any atom is -2.00 e. The van der Waals surface area contributed by atoms with Crippen LogP contribution in [-0.4, -0.2) is 0 Å². The Morgan fingerprint density at radius 1 is 0.667 bits per heavy atom. The molecule has 1 radical (unpaired) electrons. The Balaban J connectivity index is 0. The molecule has 0 amide bonds. The van der Waals surface area contributed by atoms with Crippen molar-refractivity contribution < 1.29 is 70.8 Å². The molecule has 0 aliphatic rings. The van der Waals surface area contributed by atoms with E-state index in [1.54, 1.807) is 0 Å². The molecule has 0 aromatic heterocycles. The first kappa shape index (κ1) is 133. The summed E-state index contributed by atoms with van der Waals surface area (Å²) in [7, 11) is 0. The fourth-order valence-electron chi connectivity index (χ4n) is 0. The summed E-state index contributed by atoms with van der Waals surface area (Å²) in [5, 5.41) is 0. The van der Waals surface area contributed by atoms with E-state index in [4.69, 9.17) is 0 Å². The Hall–Kier alpha value is 1.57. The molecule has 3 nitrogen and oxygen atoms in total. The maximum Gasteiger partial charge on any atom is 0 e. The molecule has 49 valence electrons. The third-order valence-electron chi connectivity index (χ3n) is 0. The van der Waals surface area contributed by atoms with E-state index in [9.17, 15) is 0 Å². The molecule has 0 saturated carbocycles. The smallest absolute Gasteiger partial charge is 0 e. The normalized spacial score (nSPS) is 0. The van der Waals surface area contributed by atoms with Gasteiger partial charge in [0.1, 0.15) is 0 Å². The molecule has 0 aliphatic heterocycles. The molecule has 0 spiro atoms. The van der Waals surface area contributed by atoms with Crippen LogP contribution in [0.25, 0.3) is 0 Å². The van der Waals surface area contributed by atoms with Crippen LogP contribution in [-0.2, 0) is 70.8 Å². The van der Waals surface area contributed by atoms with Crippen molar-refractivity contribution in [3.63, 3.8) is 0 Å². The van der Waals surface area contributed by atoms with Crippen LogP contribution in [0.4, 0.5) is 0 Å². The summed E-state index contributed by atoms with van der Waals surface area (Å²) in [6.07, 6.45) is 0. The number of rotatable bonds is 0. The second-order valence-corrected chi connectivity index (χ2v) is 0. The molecule has 0 bridgehead atoms. The molecule has 0 atom stereocenters. The van der Waals surface area contributed by atoms with Crippen molar-refractivity contribution in [3.8, 4) is 0 Å². The average molecular weight is 349 g/mol. The Morgan fingerprint density at radius 3 is 0.667 bits per heavy atom. The first-order chi connectivity index (χ1) is 0. The van der Waals surface area contributed by atoms with Gasteiger partial charge in [0.2, 0.25) is 0 Å². The van der Waals surface area contributed by atoms with Crippen LogP contribution < -0.4 is 0 Å². The molecule has 0 rings (SSSR count). The molecular weight excluding hydrogens is 349 g/mol. The number of hydrogen-bond donors (Lipinski definition) is 0. The molecule has 0 heterocycles. The van der Waals surface area contributed by atoms with Crippen LogP contribution in [0.2, 0.25) is 0 Å². The zero-order chi connectivity index (χ0) is 0. The quantitative estimate of drug-likeness (QED) is 0.535. The fraction of sp³-hybridized carbons (Fsp3) is 0. The van der Waals surface area contributed by atoms with Crippen molar-refractivity contribution in [1.29, 1.82) is 0 Å². The third kappa shape index (κ3) is 47.2. The standard InChI is InChI=1S/Co.Ni.3O.W/q;;3*-2;. The molecule has 0 saturated heterocycles. The second-order valence-electron chi connectivity index (χ2n) is 0. The van der Waals surface area contributed by atoms with Crippen molar-refractivity contribution in [2.45, 2.75) is 0 Å². The zero-order valence-electron chi connectivity index (χ0n) is 2.28. The molecule has 0 aromatic carbocycles. The van der Waals surface area contributed by atoms with Crippen molar-refractivity contribution in [2.75, 3.05) is 0 Å². The van der Waals surface area contributed by atoms with E-state index < -0.39 is 0 Å². The van der Waals surface area contributed by atoms with E-state index >= 15 is 0 Å². The summed E-state index contributed by atoms with van der Waals surface area (Å²) in [4.78, 5) is 0. The molecule has 0 unspecified atom stereocenters. The summed E-state index contributed by atoms with van der Waals surface area (Å²) >= 11 is 0. The van der Waals surface area contributed by atoms with Crippen molar-refractivity contribution in [1.82, 2.24) is 0 Å². The van der Waals surface area contributed by atoms with Gasteiger partial charge in [0.05, 0.1) is 0 Å². The van der Waals surface area contributed by atoms with Crippen LogP contribution in [0.15, 0.2) is 0 Å². The maximum atomic E-state index is 0. The van der Waals surface area contributed by atoms with Crippen molar-refractivity contribution in [3.05, 3.63) is 0 Å². The Kier molecular flexibility index (Phi) is 1830. The van der Waals surface area contributed by atoms with Gasteiger partial charge in [-0.15, -0.1) is 0 Å². The third-order valence-corrected chi connectivity index (χ3v) is 0. The van der Waals surface area contributed by atoms with E-state index in [0.717, 1.165) is 0 Å². The van der Waals surface area contributed by atoms with Gasteiger partial charge in [-0.2, -0.15) is 0 Å². The molecule has 0 fully saturated rings. The average Bonchev–Trinajstić information content (AvgIpc) is 0. The van der Waals surface area contributed by atoms with E-state index in [0.29, 0.717) is 0 Å². The van der Waals surface area contributed by atoms with Crippen molar-refractivity contribution >= 4 is 0 Å². The predicted octanol–water partition coefficient (Wildman–Crippen LogP) is -0.364. The van der Waals surface area contributed by atoms with Crippen LogP contribution in [0.3, 0.4) is 0 Å². The first-order valence-electron chi connectivity index (χ1n) is 0. The molecule has 6 heteroatoms. The van der Waals surface area contributed by atoms with Crippen LogP contribution >= 0.6 is 0 Å². The van der Waals surface area contributed by atoms with E-state index in [1.165, 1.54) is 0 Å². The van der Waals surface area contributed by atoms with Crippen molar-refractivity contribution in [2.24, 2.45) is 0 Å². The van der Waals surface area contributed by atoms with Gasteiger partial charge in [-0.1, -0.05) is 0 Å². The topological polar surface area (TPSA) is 85.5 Å². The SMILES string of the molecule is [Co].[Ni].[O-2].[O-2].[O-2].[W]. The summed E-state index contributed by atoms with van der Waals surface area (Å²) in [5.74, 6) is 0. The molecule has 0 aliphatic carbocycles. The molecular formula is CoNiO3W-6. The van der Waals surface area contributed by atoms with Crippen LogP contribution in [0, 0.1) is 0 Å². The molecule has 0 aromatic rings. The minimum atomic E-state index is 0. The van der Waals surface area contributed by atoms with E-state index in [2.05, 4.69) is 0 Å². The monoisotopic (exact) mass is 349 g/mol. The minimum absolute atomic E-state index is 0. The van der Waals surface area contributed by atoms with Gasteiger partial charge >= 0.3 is 0 Å². The van der Waals surface area contributed by atoms with Crippen LogP contribution in [0.5, 0.6) is 0 Å². The van der Waals surface area contributed by atoms with E-state index in [-0.39, 0.29) is 70.8 Å². The molecule has 6 heavy (non-hydrogen) atoms. The summed E-state index contributed by atoms with van der Waals surface area (Å²) < 4.78 is 0. The maximum absolute atomic E-state index is 0. The van der Waals surface area contributed by atoms with Gasteiger partial charge in [-0.3, -0.25) is 0 Å². The summed E-state index contributed by atoms with van der Waals surface area (Å²) in [6, 6.07) is 0. The van der Waals surface area contributed by atoms with Gasteiger partial charge in [-0.25, -0.2) is 0 Å².